The Morgan fingerprint density at radius 2 is 1.86 bits per heavy atom. The first-order chi connectivity index (χ1) is 9.97. The van der Waals surface area contributed by atoms with Crippen LogP contribution in [0.5, 0.6) is 0 Å². The van der Waals surface area contributed by atoms with Gasteiger partial charge in [-0.2, -0.15) is 0 Å². The van der Waals surface area contributed by atoms with Crippen molar-refractivity contribution < 1.29 is 13.6 Å². The number of rotatable bonds is 4. The molecular weight excluding hydrogens is 298 g/mol. The molecule has 0 saturated heterocycles. The van der Waals surface area contributed by atoms with Crippen molar-refractivity contribution in [3.05, 3.63) is 58.6 Å². The maximum atomic E-state index is 13.5. The summed E-state index contributed by atoms with van der Waals surface area (Å²) in [6.45, 7) is 1.37. The maximum Gasteiger partial charge on any atom is 0.221 e. The third-order valence-corrected chi connectivity index (χ3v) is 3.12. The van der Waals surface area contributed by atoms with E-state index < -0.39 is 11.6 Å². The first-order valence-corrected chi connectivity index (χ1v) is 6.59. The number of carbonyl (C=O) groups excluding carboxylic acids is 1. The average molecular weight is 311 g/mol. The molecule has 0 atom stereocenters. The Labute approximate surface area is 125 Å². The summed E-state index contributed by atoms with van der Waals surface area (Å²) < 4.78 is 27.0. The van der Waals surface area contributed by atoms with Gasteiger partial charge in [-0.25, -0.2) is 8.78 Å². The van der Waals surface area contributed by atoms with Gasteiger partial charge in [-0.05, 0) is 30.3 Å². The van der Waals surface area contributed by atoms with Crippen molar-refractivity contribution in [2.24, 2.45) is 0 Å². The van der Waals surface area contributed by atoms with Crippen molar-refractivity contribution in [3.63, 3.8) is 0 Å². The average Bonchev–Trinajstić information content (AvgIpc) is 2.41. The summed E-state index contributed by atoms with van der Waals surface area (Å²) in [6, 6.07) is 8.57. The zero-order chi connectivity index (χ0) is 15.4. The van der Waals surface area contributed by atoms with E-state index in [1.165, 1.54) is 25.1 Å². The van der Waals surface area contributed by atoms with Crippen LogP contribution in [0.25, 0.3) is 0 Å². The van der Waals surface area contributed by atoms with Gasteiger partial charge in [-0.1, -0.05) is 17.7 Å². The van der Waals surface area contributed by atoms with Crippen LogP contribution >= 0.6 is 11.6 Å². The second kappa shape index (κ2) is 6.54. The summed E-state index contributed by atoms with van der Waals surface area (Å²) in [7, 11) is 0. The predicted octanol–water partition coefficient (Wildman–Crippen LogP) is 4.19. The van der Waals surface area contributed by atoms with Crippen LogP contribution in [-0.2, 0) is 11.3 Å². The van der Waals surface area contributed by atoms with Crippen LogP contribution in [0.15, 0.2) is 36.4 Å². The van der Waals surface area contributed by atoms with E-state index in [2.05, 4.69) is 10.6 Å². The molecule has 2 N–H and O–H groups in total. The van der Waals surface area contributed by atoms with Crippen LogP contribution in [0.4, 0.5) is 20.2 Å². The highest BCUT2D eigenvalue weighted by molar-refractivity contribution is 6.34. The summed E-state index contributed by atoms with van der Waals surface area (Å²) in [5, 5.41) is 5.80. The van der Waals surface area contributed by atoms with Gasteiger partial charge in [0.2, 0.25) is 5.91 Å². The van der Waals surface area contributed by atoms with E-state index in [0.29, 0.717) is 16.4 Å². The lowest BCUT2D eigenvalue weighted by Crippen LogP contribution is -2.07. The lowest BCUT2D eigenvalue weighted by Gasteiger charge is -2.11. The van der Waals surface area contributed by atoms with E-state index >= 15 is 0 Å². The molecule has 0 aromatic heterocycles. The van der Waals surface area contributed by atoms with Crippen LogP contribution in [0, 0.1) is 11.6 Å². The summed E-state index contributed by atoms with van der Waals surface area (Å²) in [6.07, 6.45) is 0. The third-order valence-electron chi connectivity index (χ3n) is 2.81. The molecule has 0 unspecified atom stereocenters. The molecule has 0 aliphatic carbocycles. The van der Waals surface area contributed by atoms with Gasteiger partial charge in [0.05, 0.1) is 10.7 Å². The largest absolute Gasteiger partial charge is 0.381 e. The van der Waals surface area contributed by atoms with E-state index in [4.69, 9.17) is 11.6 Å². The van der Waals surface area contributed by atoms with Crippen LogP contribution in [0.3, 0.4) is 0 Å². The molecule has 6 heteroatoms. The Balaban J connectivity index is 2.10. The lowest BCUT2D eigenvalue weighted by molar-refractivity contribution is -0.114. The van der Waals surface area contributed by atoms with Crippen LogP contribution in [-0.4, -0.2) is 5.91 Å². The quantitative estimate of drug-likeness (QED) is 0.889. The molecular formula is C15H13ClF2N2O. The van der Waals surface area contributed by atoms with E-state index in [-0.39, 0.29) is 18.0 Å². The van der Waals surface area contributed by atoms with E-state index in [0.717, 1.165) is 0 Å². The third kappa shape index (κ3) is 3.92. The number of hydrogen-bond acceptors (Lipinski definition) is 2. The predicted molar refractivity (Wildman–Crippen MR) is 79.4 cm³/mol. The minimum Gasteiger partial charge on any atom is -0.381 e. The fraction of sp³-hybridized carbons (Fsp3) is 0.133. The van der Waals surface area contributed by atoms with Crippen molar-refractivity contribution in [1.29, 1.82) is 0 Å². The Bertz CT molecular complexity index is 656. The minimum atomic E-state index is -0.608. The highest BCUT2D eigenvalue weighted by Crippen LogP contribution is 2.26. The van der Waals surface area contributed by atoms with Gasteiger partial charge in [0.1, 0.15) is 11.6 Å². The number of anilines is 2. The summed E-state index contributed by atoms with van der Waals surface area (Å²) in [4.78, 5) is 11.0. The Morgan fingerprint density at radius 1 is 1.19 bits per heavy atom. The highest BCUT2D eigenvalue weighted by Gasteiger charge is 2.08. The Kier molecular flexibility index (Phi) is 4.75. The number of amides is 1. The zero-order valence-corrected chi connectivity index (χ0v) is 12.0. The molecule has 0 radical (unpaired) electrons. The molecule has 0 aliphatic heterocycles. The molecule has 2 aromatic rings. The molecule has 2 rings (SSSR count). The number of carbonyl (C=O) groups is 1. The molecule has 0 bridgehead atoms. The molecule has 0 fully saturated rings. The first kappa shape index (κ1) is 15.3. The number of benzene rings is 2. The lowest BCUT2D eigenvalue weighted by atomic mass is 10.2. The van der Waals surface area contributed by atoms with Gasteiger partial charge in [0.15, 0.2) is 0 Å². The summed E-state index contributed by atoms with van der Waals surface area (Å²) in [5.74, 6) is -1.45. The molecule has 3 nitrogen and oxygen atoms in total. The normalized spacial score (nSPS) is 10.3. The van der Waals surface area contributed by atoms with Crippen molar-refractivity contribution in [1.82, 2.24) is 0 Å². The van der Waals surface area contributed by atoms with Crippen molar-refractivity contribution in [3.8, 4) is 0 Å². The van der Waals surface area contributed by atoms with Gasteiger partial charge < -0.3 is 10.6 Å². The zero-order valence-electron chi connectivity index (χ0n) is 11.2. The number of nitrogens with one attached hydrogen (secondary N) is 2. The van der Waals surface area contributed by atoms with E-state index in [1.54, 1.807) is 18.2 Å². The van der Waals surface area contributed by atoms with Crippen LogP contribution < -0.4 is 10.6 Å². The van der Waals surface area contributed by atoms with Crippen molar-refractivity contribution >= 4 is 28.9 Å². The molecule has 2 aromatic carbocycles. The molecule has 0 heterocycles. The van der Waals surface area contributed by atoms with Gasteiger partial charge in [-0.3, -0.25) is 4.79 Å². The monoisotopic (exact) mass is 310 g/mol. The van der Waals surface area contributed by atoms with Crippen LogP contribution in [0.2, 0.25) is 5.02 Å². The highest BCUT2D eigenvalue weighted by atomic mass is 35.5. The fourth-order valence-electron chi connectivity index (χ4n) is 1.81. The number of hydrogen-bond donors (Lipinski definition) is 2. The van der Waals surface area contributed by atoms with Crippen molar-refractivity contribution in [2.75, 3.05) is 10.6 Å². The molecule has 110 valence electrons. The van der Waals surface area contributed by atoms with Gasteiger partial charge >= 0.3 is 0 Å². The summed E-state index contributed by atoms with van der Waals surface area (Å²) in [5.41, 5.74) is 1.03. The molecule has 21 heavy (non-hydrogen) atoms. The van der Waals surface area contributed by atoms with E-state index in [9.17, 15) is 13.6 Å². The van der Waals surface area contributed by atoms with Crippen molar-refractivity contribution in [2.45, 2.75) is 13.5 Å². The second-order valence-electron chi connectivity index (χ2n) is 4.43. The van der Waals surface area contributed by atoms with Gasteiger partial charge in [-0.15, -0.1) is 0 Å². The SMILES string of the molecule is CC(=O)Nc1ccc(NCc2c(F)cccc2F)cc1Cl. The minimum absolute atomic E-state index is 0.00564. The van der Waals surface area contributed by atoms with Gasteiger partial charge in [0.25, 0.3) is 0 Å². The number of halogens is 3. The fourth-order valence-corrected chi connectivity index (χ4v) is 2.04. The van der Waals surface area contributed by atoms with E-state index in [1.807, 2.05) is 0 Å². The molecule has 0 saturated carbocycles. The standard InChI is InChI=1S/C15H13ClF2N2O/c1-9(21)20-15-6-5-10(7-12(15)16)19-8-11-13(17)3-2-4-14(11)18/h2-7,19H,8H2,1H3,(H,20,21). The smallest absolute Gasteiger partial charge is 0.221 e. The first-order valence-electron chi connectivity index (χ1n) is 6.21. The van der Waals surface area contributed by atoms with Gasteiger partial charge in [0, 0.05) is 24.7 Å². The molecule has 1 amide bonds. The maximum absolute atomic E-state index is 13.5. The molecule has 0 spiro atoms. The Hall–Kier alpha value is -2.14. The topological polar surface area (TPSA) is 41.1 Å². The summed E-state index contributed by atoms with van der Waals surface area (Å²) >= 11 is 6.01. The second-order valence-corrected chi connectivity index (χ2v) is 4.84. The van der Waals surface area contributed by atoms with Crippen LogP contribution in [0.1, 0.15) is 12.5 Å². The molecule has 0 aliphatic rings. The Morgan fingerprint density at radius 3 is 2.43 bits per heavy atom.